The normalized spacial score (nSPS) is 13.3. The van der Waals surface area contributed by atoms with Gasteiger partial charge in [-0.05, 0) is 65.6 Å². The Hall–Kier alpha value is -4.70. The predicted octanol–water partition coefficient (Wildman–Crippen LogP) is 9.42. The zero-order valence-corrected chi connectivity index (χ0v) is 23.4. The lowest BCUT2D eigenvalue weighted by Crippen LogP contribution is -2.23. The first-order valence-electron chi connectivity index (χ1n) is 13.9. The van der Waals surface area contributed by atoms with Gasteiger partial charge >= 0.3 is 0 Å². The van der Waals surface area contributed by atoms with Crippen LogP contribution in [-0.4, -0.2) is 18.3 Å². The Kier molecular flexibility index (Phi) is 5.60. The first-order valence-corrected chi connectivity index (χ1v) is 13.9. The van der Waals surface area contributed by atoms with Crippen molar-refractivity contribution in [2.75, 3.05) is 23.5 Å². The van der Waals surface area contributed by atoms with E-state index in [0.717, 1.165) is 35.1 Å². The zero-order chi connectivity index (χ0) is 27.4. The number of anilines is 3. The van der Waals surface area contributed by atoms with Crippen molar-refractivity contribution in [1.29, 1.82) is 0 Å². The lowest BCUT2D eigenvalue weighted by molar-refractivity contribution is 0.483. The molecule has 7 rings (SSSR count). The Morgan fingerprint density at radius 3 is 2.15 bits per heavy atom. The molecule has 0 saturated heterocycles. The third-order valence-electron chi connectivity index (χ3n) is 7.92. The standard InChI is InChI=1S/C36H33N3O/c1-36(2,3)25-11-9-13-27(21-25)39-32-16-6-5-15-30(32)31-20-19-29(23-35(31)39)40-28-14-10-12-26(22-28)38-24-37(4)33-17-7-8-18-34(33)38/h5-23H,24H2,1-4H3. The number of ether oxygens (including phenoxy) is 1. The second kappa shape index (κ2) is 9.20. The quantitative estimate of drug-likeness (QED) is 0.230. The molecule has 0 spiro atoms. The van der Waals surface area contributed by atoms with Gasteiger partial charge in [0.15, 0.2) is 0 Å². The molecule has 6 aromatic rings. The highest BCUT2D eigenvalue weighted by Crippen LogP contribution is 2.41. The van der Waals surface area contributed by atoms with Crippen LogP contribution in [0.25, 0.3) is 27.5 Å². The van der Waals surface area contributed by atoms with Gasteiger partial charge in [-0.2, -0.15) is 0 Å². The highest BCUT2D eigenvalue weighted by molar-refractivity contribution is 6.09. The van der Waals surface area contributed by atoms with E-state index in [1.165, 1.54) is 33.2 Å². The zero-order valence-electron chi connectivity index (χ0n) is 23.4. The van der Waals surface area contributed by atoms with Crippen LogP contribution in [0.5, 0.6) is 11.5 Å². The largest absolute Gasteiger partial charge is 0.457 e. The van der Waals surface area contributed by atoms with Crippen molar-refractivity contribution in [3.8, 4) is 17.2 Å². The third kappa shape index (κ3) is 4.08. The van der Waals surface area contributed by atoms with Gasteiger partial charge in [0.1, 0.15) is 11.5 Å². The Bertz CT molecular complexity index is 1880. The SMILES string of the molecule is CN1CN(c2cccc(Oc3ccc4c5ccccc5n(-c5cccc(C(C)(C)C)c5)c4c3)c2)c2ccccc21. The summed E-state index contributed by atoms with van der Waals surface area (Å²) < 4.78 is 8.87. The molecule has 2 heterocycles. The van der Waals surface area contributed by atoms with Gasteiger partial charge in [-0.25, -0.2) is 0 Å². The van der Waals surface area contributed by atoms with Crippen LogP contribution in [0.2, 0.25) is 0 Å². The maximum Gasteiger partial charge on any atom is 0.129 e. The van der Waals surface area contributed by atoms with Gasteiger partial charge in [0.2, 0.25) is 0 Å². The van der Waals surface area contributed by atoms with Crippen LogP contribution >= 0.6 is 0 Å². The molecule has 4 heteroatoms. The number of nitrogens with zero attached hydrogens (tertiary/aromatic N) is 3. The van der Waals surface area contributed by atoms with Crippen LogP contribution in [0.15, 0.2) is 115 Å². The molecule has 0 fully saturated rings. The minimum atomic E-state index is 0.0682. The number of para-hydroxylation sites is 3. The summed E-state index contributed by atoms with van der Waals surface area (Å²) in [7, 11) is 2.13. The Balaban J connectivity index is 1.29. The van der Waals surface area contributed by atoms with Crippen molar-refractivity contribution in [1.82, 2.24) is 4.57 Å². The molecule has 1 aromatic heterocycles. The summed E-state index contributed by atoms with van der Waals surface area (Å²) in [5.74, 6) is 1.64. The van der Waals surface area contributed by atoms with Crippen molar-refractivity contribution in [2.24, 2.45) is 0 Å². The van der Waals surface area contributed by atoms with Gasteiger partial charge in [0.25, 0.3) is 0 Å². The molecule has 0 bridgehead atoms. The molecule has 198 valence electrons. The van der Waals surface area contributed by atoms with E-state index < -0.39 is 0 Å². The van der Waals surface area contributed by atoms with Crippen LogP contribution in [0, 0.1) is 0 Å². The van der Waals surface area contributed by atoms with E-state index in [0.29, 0.717) is 0 Å². The Morgan fingerprint density at radius 2 is 1.30 bits per heavy atom. The topological polar surface area (TPSA) is 20.6 Å². The molecule has 0 radical (unpaired) electrons. The van der Waals surface area contributed by atoms with Gasteiger partial charge in [-0.15, -0.1) is 0 Å². The van der Waals surface area contributed by atoms with E-state index in [4.69, 9.17) is 4.74 Å². The van der Waals surface area contributed by atoms with Crippen molar-refractivity contribution in [3.63, 3.8) is 0 Å². The fourth-order valence-corrected chi connectivity index (χ4v) is 5.85. The average Bonchev–Trinajstić information content (AvgIpc) is 3.47. The van der Waals surface area contributed by atoms with Crippen molar-refractivity contribution in [2.45, 2.75) is 26.2 Å². The lowest BCUT2D eigenvalue weighted by Gasteiger charge is -2.20. The summed E-state index contributed by atoms with van der Waals surface area (Å²) in [4.78, 5) is 4.59. The molecule has 0 unspecified atom stereocenters. The fourth-order valence-electron chi connectivity index (χ4n) is 5.85. The number of fused-ring (bicyclic) bond motifs is 4. The number of rotatable bonds is 4. The first kappa shape index (κ1) is 24.3. The smallest absolute Gasteiger partial charge is 0.129 e. The summed E-state index contributed by atoms with van der Waals surface area (Å²) in [5, 5.41) is 2.46. The van der Waals surface area contributed by atoms with E-state index in [1.54, 1.807) is 0 Å². The van der Waals surface area contributed by atoms with Crippen LogP contribution in [0.4, 0.5) is 17.1 Å². The third-order valence-corrected chi connectivity index (χ3v) is 7.92. The van der Waals surface area contributed by atoms with Crippen LogP contribution in [0.3, 0.4) is 0 Å². The highest BCUT2D eigenvalue weighted by Gasteiger charge is 2.24. The molecule has 0 aliphatic carbocycles. The Morgan fingerprint density at radius 1 is 0.600 bits per heavy atom. The fraction of sp³-hybridized carbons (Fsp3) is 0.167. The lowest BCUT2D eigenvalue weighted by atomic mass is 9.87. The number of aromatic nitrogens is 1. The van der Waals surface area contributed by atoms with E-state index in [-0.39, 0.29) is 5.41 Å². The molecule has 0 saturated carbocycles. The second-order valence-corrected chi connectivity index (χ2v) is 11.7. The molecule has 5 aromatic carbocycles. The number of hydrogen-bond donors (Lipinski definition) is 0. The van der Waals surface area contributed by atoms with Gasteiger partial charge in [-0.1, -0.05) is 69.3 Å². The molecule has 1 aliphatic heterocycles. The Labute approximate surface area is 235 Å². The maximum absolute atomic E-state index is 6.51. The summed E-state index contributed by atoms with van der Waals surface area (Å²) >= 11 is 0. The highest BCUT2D eigenvalue weighted by atomic mass is 16.5. The minimum absolute atomic E-state index is 0.0682. The van der Waals surface area contributed by atoms with Crippen LogP contribution in [0.1, 0.15) is 26.3 Å². The van der Waals surface area contributed by atoms with E-state index in [1.807, 2.05) is 6.07 Å². The van der Waals surface area contributed by atoms with E-state index in [2.05, 4.69) is 151 Å². The molecular weight excluding hydrogens is 490 g/mol. The second-order valence-electron chi connectivity index (χ2n) is 11.7. The number of hydrogen-bond acceptors (Lipinski definition) is 3. The van der Waals surface area contributed by atoms with Gasteiger partial charge in [0.05, 0.1) is 29.1 Å². The van der Waals surface area contributed by atoms with E-state index >= 15 is 0 Å². The van der Waals surface area contributed by atoms with Crippen molar-refractivity contribution in [3.05, 3.63) is 121 Å². The molecule has 40 heavy (non-hydrogen) atoms. The molecule has 4 nitrogen and oxygen atoms in total. The monoisotopic (exact) mass is 523 g/mol. The summed E-state index contributed by atoms with van der Waals surface area (Å²) in [6.07, 6.45) is 0. The molecular formula is C36H33N3O. The molecule has 1 aliphatic rings. The van der Waals surface area contributed by atoms with Crippen molar-refractivity contribution < 1.29 is 4.74 Å². The summed E-state index contributed by atoms with van der Waals surface area (Å²) in [5.41, 5.74) is 8.44. The average molecular weight is 524 g/mol. The van der Waals surface area contributed by atoms with Crippen LogP contribution in [-0.2, 0) is 5.41 Å². The van der Waals surface area contributed by atoms with Gasteiger partial charge in [0, 0.05) is 41.3 Å². The summed E-state index contributed by atoms with van der Waals surface area (Å²) in [6.45, 7) is 7.59. The molecule has 0 N–H and O–H groups in total. The maximum atomic E-state index is 6.51. The number of benzene rings is 5. The van der Waals surface area contributed by atoms with Gasteiger partial charge < -0.3 is 19.1 Å². The minimum Gasteiger partial charge on any atom is -0.457 e. The van der Waals surface area contributed by atoms with Crippen LogP contribution < -0.4 is 14.5 Å². The van der Waals surface area contributed by atoms with Crippen molar-refractivity contribution >= 4 is 38.9 Å². The first-order chi connectivity index (χ1) is 19.4. The molecule has 0 atom stereocenters. The predicted molar refractivity (Wildman–Crippen MR) is 168 cm³/mol. The van der Waals surface area contributed by atoms with E-state index in [9.17, 15) is 0 Å². The summed E-state index contributed by atoms with van der Waals surface area (Å²) in [6, 6.07) is 40.9. The molecule has 0 amide bonds. The van der Waals surface area contributed by atoms with Gasteiger partial charge in [-0.3, -0.25) is 0 Å².